The predicted octanol–water partition coefficient (Wildman–Crippen LogP) is 1.04. The Balaban J connectivity index is 0.000000980. The van der Waals surface area contributed by atoms with E-state index in [2.05, 4.69) is 11.2 Å². The summed E-state index contributed by atoms with van der Waals surface area (Å²) in [5.41, 5.74) is 2.03. The Bertz CT molecular complexity index is 519. The molecule has 14 heavy (non-hydrogen) atoms. The van der Waals surface area contributed by atoms with Crippen LogP contribution in [0.25, 0.3) is 11.0 Å². The summed E-state index contributed by atoms with van der Waals surface area (Å²) in [6.45, 7) is 1.79. The van der Waals surface area contributed by atoms with E-state index in [1.54, 1.807) is 13.0 Å². The summed E-state index contributed by atoms with van der Waals surface area (Å²) in [5, 5.41) is 0. The topological polar surface area (TPSA) is 34.9 Å². The Labute approximate surface area is 107 Å². The smallest absolute Gasteiger partial charge is 0.155 e. The molecule has 0 aromatic carbocycles. The van der Waals surface area contributed by atoms with Gasteiger partial charge in [0.2, 0.25) is 0 Å². The van der Waals surface area contributed by atoms with Gasteiger partial charge in [-0.1, -0.05) is 6.20 Å². The second-order valence-corrected chi connectivity index (χ2v) is 3.06. The van der Waals surface area contributed by atoms with Crippen LogP contribution >= 0.6 is 0 Å². The number of hydrogen-bond donors (Lipinski definition) is 0. The summed E-state index contributed by atoms with van der Waals surface area (Å²) in [7, 11) is 1.90. The number of fused-ring (bicyclic) bond motifs is 1. The van der Waals surface area contributed by atoms with Crippen LogP contribution in [0.5, 0.6) is 0 Å². The first kappa shape index (κ1) is 11.5. The van der Waals surface area contributed by atoms with Crippen molar-refractivity contribution in [3.63, 3.8) is 0 Å². The van der Waals surface area contributed by atoms with E-state index >= 15 is 0 Å². The van der Waals surface area contributed by atoms with Gasteiger partial charge in [0.05, 0.1) is 0 Å². The first-order valence-electron chi connectivity index (χ1n) is 4.03. The second-order valence-electron chi connectivity index (χ2n) is 3.06. The minimum atomic E-state index is -0.00931. The Hall–Kier alpha value is -0.536. The van der Waals surface area contributed by atoms with Gasteiger partial charge in [-0.25, -0.2) is 0 Å². The van der Waals surface area contributed by atoms with E-state index in [-0.39, 0.29) is 38.1 Å². The van der Waals surface area contributed by atoms with Crippen molar-refractivity contribution in [2.45, 2.75) is 6.92 Å². The van der Waals surface area contributed by atoms with Crippen LogP contribution in [-0.2, 0) is 39.8 Å². The summed E-state index contributed by atoms with van der Waals surface area (Å²) in [5.74, 6) is 0. The van der Waals surface area contributed by atoms with Crippen molar-refractivity contribution < 1.29 is 32.7 Å². The summed E-state index contributed by atoms with van der Waals surface area (Å²) >= 11 is 0. The molecule has 0 aliphatic rings. The number of pyridine rings is 2. The van der Waals surface area contributed by atoms with Crippen LogP contribution in [0.15, 0.2) is 23.1 Å². The first-order chi connectivity index (χ1) is 6.20. The molecule has 0 N–H and O–H groups in total. The summed E-state index contributed by atoms with van der Waals surface area (Å²) in [6, 6.07) is 3.54. The molecule has 0 unspecified atom stereocenters. The van der Waals surface area contributed by atoms with Crippen molar-refractivity contribution in [1.82, 2.24) is 9.55 Å². The van der Waals surface area contributed by atoms with Crippen molar-refractivity contribution >= 4 is 11.0 Å². The Morgan fingerprint density at radius 2 is 2.21 bits per heavy atom. The summed E-state index contributed by atoms with van der Waals surface area (Å²) < 4.78 is 1.90. The molecule has 0 spiro atoms. The van der Waals surface area contributed by atoms with Crippen LogP contribution in [-0.4, -0.2) is 9.55 Å². The van der Waals surface area contributed by atoms with Gasteiger partial charge in [-0.2, -0.15) is 6.07 Å². The van der Waals surface area contributed by atoms with E-state index < -0.39 is 0 Å². The molecule has 2 heterocycles. The van der Waals surface area contributed by atoms with Gasteiger partial charge in [0.25, 0.3) is 0 Å². The Morgan fingerprint density at radius 3 is 2.93 bits per heavy atom. The number of aromatic nitrogens is 2. The SMILES string of the molecule is Cc1cn(C)c2cc[c-]nc2c1=O.[Y]. The molecule has 2 aromatic rings. The fraction of sp³-hybridized carbons (Fsp3) is 0.200. The maximum Gasteiger partial charge on any atom is 0.155 e. The first-order valence-corrected chi connectivity index (χ1v) is 4.03. The van der Waals surface area contributed by atoms with Crippen molar-refractivity contribution in [3.05, 3.63) is 40.3 Å². The fourth-order valence-corrected chi connectivity index (χ4v) is 1.41. The van der Waals surface area contributed by atoms with Crippen molar-refractivity contribution in [2.75, 3.05) is 0 Å². The monoisotopic (exact) mass is 262 g/mol. The van der Waals surface area contributed by atoms with Crippen LogP contribution in [0.3, 0.4) is 0 Å². The largest absolute Gasteiger partial charge is 0.381 e. The van der Waals surface area contributed by atoms with Gasteiger partial charge < -0.3 is 14.3 Å². The predicted molar refractivity (Wildman–Crippen MR) is 50.6 cm³/mol. The number of rotatable bonds is 0. The molecule has 0 fully saturated rings. The van der Waals surface area contributed by atoms with Crippen molar-refractivity contribution in [1.29, 1.82) is 0 Å². The molecular weight excluding hydrogens is 253 g/mol. The quantitative estimate of drug-likeness (QED) is 0.665. The van der Waals surface area contributed by atoms with Crippen LogP contribution in [0, 0.1) is 13.1 Å². The zero-order chi connectivity index (χ0) is 9.42. The molecule has 0 bridgehead atoms. The molecule has 0 saturated heterocycles. The molecule has 4 heteroatoms. The van der Waals surface area contributed by atoms with Crippen LogP contribution < -0.4 is 5.43 Å². The van der Waals surface area contributed by atoms with E-state index in [0.717, 1.165) is 5.52 Å². The van der Waals surface area contributed by atoms with Crippen LogP contribution in [0.1, 0.15) is 5.56 Å². The van der Waals surface area contributed by atoms with E-state index in [4.69, 9.17) is 0 Å². The maximum atomic E-state index is 11.6. The average Bonchev–Trinajstić information content (AvgIpc) is 2.15. The van der Waals surface area contributed by atoms with Crippen molar-refractivity contribution in [2.24, 2.45) is 7.05 Å². The molecule has 1 radical (unpaired) electrons. The van der Waals surface area contributed by atoms with Gasteiger partial charge in [-0.3, -0.25) is 0 Å². The minimum absolute atomic E-state index is 0. The van der Waals surface area contributed by atoms with E-state index in [1.165, 1.54) is 0 Å². The number of nitrogens with zero attached hydrogens (tertiary/aromatic N) is 2. The Kier molecular flexibility index (Phi) is 3.56. The van der Waals surface area contributed by atoms with Gasteiger partial charge >= 0.3 is 0 Å². The van der Waals surface area contributed by atoms with Crippen LogP contribution in [0.2, 0.25) is 0 Å². The molecule has 3 nitrogen and oxygen atoms in total. The zero-order valence-corrected chi connectivity index (χ0v) is 11.0. The summed E-state index contributed by atoms with van der Waals surface area (Å²) in [6.07, 6.45) is 4.48. The van der Waals surface area contributed by atoms with E-state index in [0.29, 0.717) is 11.1 Å². The maximum absolute atomic E-state index is 11.6. The minimum Gasteiger partial charge on any atom is -0.381 e. The molecule has 0 atom stereocenters. The third-order valence-corrected chi connectivity index (χ3v) is 2.08. The zero-order valence-electron chi connectivity index (χ0n) is 8.11. The molecule has 0 aliphatic carbocycles. The van der Waals surface area contributed by atoms with Crippen LogP contribution in [0.4, 0.5) is 0 Å². The van der Waals surface area contributed by atoms with Gasteiger partial charge in [-0.15, -0.1) is 6.07 Å². The molecule has 0 amide bonds. The molecule has 69 valence electrons. The molecule has 0 aliphatic heterocycles. The summed E-state index contributed by atoms with van der Waals surface area (Å²) in [4.78, 5) is 15.5. The van der Waals surface area contributed by atoms with Gasteiger partial charge in [0.15, 0.2) is 5.43 Å². The molecule has 2 rings (SSSR count). The van der Waals surface area contributed by atoms with Gasteiger partial charge in [-0.05, 0) is 12.4 Å². The third kappa shape index (κ3) is 1.79. The normalized spacial score (nSPS) is 9.86. The standard InChI is InChI=1S/C10H9N2O.Y/c1-7-6-12(2)8-4-3-5-11-9(8)10(7)13;/h3-4,6H,1-2H3;/q-1;. The molecule has 0 saturated carbocycles. The average molecular weight is 262 g/mol. The van der Waals surface area contributed by atoms with E-state index in [1.807, 2.05) is 23.9 Å². The second kappa shape index (κ2) is 4.32. The molecular formula is C10H9N2OY-. The van der Waals surface area contributed by atoms with Crippen molar-refractivity contribution in [3.8, 4) is 0 Å². The van der Waals surface area contributed by atoms with E-state index in [9.17, 15) is 4.79 Å². The number of hydrogen-bond acceptors (Lipinski definition) is 2. The van der Waals surface area contributed by atoms with Gasteiger partial charge in [0.1, 0.15) is 0 Å². The fourth-order valence-electron chi connectivity index (χ4n) is 1.41. The third-order valence-electron chi connectivity index (χ3n) is 2.08. The van der Waals surface area contributed by atoms with Gasteiger partial charge in [0, 0.05) is 57.0 Å². The molecule has 2 aromatic heterocycles. The number of aryl methyl sites for hydroxylation is 2. The Morgan fingerprint density at radius 1 is 1.50 bits per heavy atom.